The van der Waals surface area contributed by atoms with Gasteiger partial charge in [-0.2, -0.15) is 0 Å². The Hall–Kier alpha value is -3.32. The summed E-state index contributed by atoms with van der Waals surface area (Å²) in [5.74, 6) is 0.803. The molecule has 0 saturated carbocycles. The first-order chi connectivity index (χ1) is 17.4. The van der Waals surface area contributed by atoms with Crippen LogP contribution < -0.4 is 14.8 Å². The van der Waals surface area contributed by atoms with Gasteiger partial charge in [0, 0.05) is 23.5 Å². The third-order valence-electron chi connectivity index (χ3n) is 5.94. The van der Waals surface area contributed by atoms with E-state index in [4.69, 9.17) is 9.47 Å². The van der Waals surface area contributed by atoms with E-state index in [1.165, 1.54) is 0 Å². The molecule has 0 aromatic heterocycles. The van der Waals surface area contributed by atoms with E-state index in [1.54, 1.807) is 36.3 Å². The fourth-order valence-electron chi connectivity index (χ4n) is 3.73. The molecule has 0 radical (unpaired) electrons. The van der Waals surface area contributed by atoms with Crippen LogP contribution in [0.1, 0.15) is 31.4 Å². The molecule has 0 aliphatic rings. The van der Waals surface area contributed by atoms with Crippen LogP contribution in [0.3, 0.4) is 0 Å². The van der Waals surface area contributed by atoms with Crippen molar-refractivity contribution in [1.82, 2.24) is 10.2 Å². The molecule has 0 heterocycles. The summed E-state index contributed by atoms with van der Waals surface area (Å²) in [5, 5.41) is 3.07. The lowest BCUT2D eigenvalue weighted by atomic mass is 10.0. The molecule has 3 aromatic carbocycles. The van der Waals surface area contributed by atoms with Gasteiger partial charge in [-0.3, -0.25) is 9.59 Å². The summed E-state index contributed by atoms with van der Waals surface area (Å²) in [4.78, 5) is 28.7. The molecule has 0 aliphatic heterocycles. The summed E-state index contributed by atoms with van der Waals surface area (Å²) in [6, 6.07) is 23.8. The van der Waals surface area contributed by atoms with Crippen molar-refractivity contribution in [2.75, 3.05) is 13.7 Å². The topological polar surface area (TPSA) is 67.9 Å². The number of halogens is 1. The number of benzene rings is 3. The molecule has 1 N–H and O–H groups in total. The van der Waals surface area contributed by atoms with Crippen molar-refractivity contribution in [3.63, 3.8) is 0 Å². The SMILES string of the molecule is CC[C@@H](C)NC(=O)[C@@H](Cc1ccccc1)N(Cc1cccc(Br)c1)C(=O)COc1ccc(OC)cc1. The predicted molar refractivity (Wildman–Crippen MR) is 145 cm³/mol. The summed E-state index contributed by atoms with van der Waals surface area (Å²) >= 11 is 3.51. The Morgan fingerprint density at radius 1 is 0.944 bits per heavy atom. The van der Waals surface area contributed by atoms with E-state index >= 15 is 0 Å². The summed E-state index contributed by atoms with van der Waals surface area (Å²) in [6.07, 6.45) is 1.19. The molecule has 0 unspecified atom stereocenters. The molecule has 2 atom stereocenters. The molecule has 0 fully saturated rings. The van der Waals surface area contributed by atoms with Crippen LogP contribution in [0, 0.1) is 0 Å². The molecule has 3 rings (SSSR count). The maximum atomic E-state index is 13.6. The van der Waals surface area contributed by atoms with Crippen molar-refractivity contribution in [3.05, 3.63) is 94.5 Å². The average molecular weight is 553 g/mol. The lowest BCUT2D eigenvalue weighted by Gasteiger charge is -2.32. The van der Waals surface area contributed by atoms with E-state index in [-0.39, 0.29) is 31.0 Å². The fourth-order valence-corrected chi connectivity index (χ4v) is 4.17. The second-order valence-corrected chi connectivity index (χ2v) is 9.55. The molecular formula is C29H33BrN2O4. The summed E-state index contributed by atoms with van der Waals surface area (Å²) < 4.78 is 11.9. The third kappa shape index (κ3) is 8.12. The zero-order chi connectivity index (χ0) is 25.9. The zero-order valence-electron chi connectivity index (χ0n) is 20.9. The predicted octanol–water partition coefficient (Wildman–Crippen LogP) is 5.39. The van der Waals surface area contributed by atoms with Crippen molar-refractivity contribution in [3.8, 4) is 11.5 Å². The number of carbonyl (C=O) groups excluding carboxylic acids is 2. The highest BCUT2D eigenvalue weighted by molar-refractivity contribution is 9.10. The van der Waals surface area contributed by atoms with Crippen molar-refractivity contribution in [1.29, 1.82) is 0 Å². The number of hydrogen-bond donors (Lipinski definition) is 1. The molecule has 190 valence electrons. The minimum atomic E-state index is -0.702. The number of methoxy groups -OCH3 is 1. The molecule has 0 spiro atoms. The van der Waals surface area contributed by atoms with Gasteiger partial charge in [-0.05, 0) is 60.9 Å². The standard InChI is InChI=1S/C29H33BrN2O4/c1-4-21(2)31-29(34)27(18-22-9-6-5-7-10-22)32(19-23-11-8-12-24(30)17-23)28(33)20-36-26-15-13-25(35-3)14-16-26/h5-17,21,27H,4,18-20H2,1-3H3,(H,31,34)/t21-,27-/m1/s1. The largest absolute Gasteiger partial charge is 0.497 e. The van der Waals surface area contributed by atoms with Crippen LogP contribution in [-0.4, -0.2) is 42.5 Å². The molecule has 0 saturated heterocycles. The number of amides is 2. The van der Waals surface area contributed by atoms with Crippen LogP contribution >= 0.6 is 15.9 Å². The van der Waals surface area contributed by atoms with Gasteiger partial charge in [0.25, 0.3) is 5.91 Å². The minimum Gasteiger partial charge on any atom is -0.497 e. The first-order valence-electron chi connectivity index (χ1n) is 12.0. The minimum absolute atomic E-state index is 0.00542. The number of rotatable bonds is 12. The average Bonchev–Trinajstić information content (AvgIpc) is 2.90. The number of carbonyl (C=O) groups is 2. The molecule has 7 heteroatoms. The molecule has 2 amide bonds. The molecule has 6 nitrogen and oxygen atoms in total. The van der Waals surface area contributed by atoms with Gasteiger partial charge in [-0.1, -0.05) is 65.3 Å². The number of ether oxygens (including phenoxy) is 2. The Morgan fingerprint density at radius 3 is 2.25 bits per heavy atom. The normalized spacial score (nSPS) is 12.3. The highest BCUT2D eigenvalue weighted by Gasteiger charge is 2.31. The van der Waals surface area contributed by atoms with Gasteiger partial charge in [0.1, 0.15) is 17.5 Å². The Bertz CT molecular complexity index is 1120. The molecule has 0 bridgehead atoms. The van der Waals surface area contributed by atoms with E-state index in [0.717, 1.165) is 22.0 Å². The molecule has 3 aromatic rings. The van der Waals surface area contributed by atoms with Crippen LogP contribution in [-0.2, 0) is 22.6 Å². The first kappa shape index (κ1) is 27.3. The van der Waals surface area contributed by atoms with Crippen LogP contribution in [0.25, 0.3) is 0 Å². The Kier molecular flexibility index (Phi) is 10.4. The van der Waals surface area contributed by atoms with E-state index in [0.29, 0.717) is 17.9 Å². The van der Waals surface area contributed by atoms with Crippen molar-refractivity contribution >= 4 is 27.7 Å². The van der Waals surface area contributed by atoms with Crippen molar-refractivity contribution in [2.45, 2.75) is 45.3 Å². The van der Waals surface area contributed by atoms with Gasteiger partial charge >= 0.3 is 0 Å². The fraction of sp³-hybridized carbons (Fsp3) is 0.310. The Balaban J connectivity index is 1.89. The third-order valence-corrected chi connectivity index (χ3v) is 6.43. The molecular weight excluding hydrogens is 520 g/mol. The van der Waals surface area contributed by atoms with E-state index in [2.05, 4.69) is 21.2 Å². The number of nitrogens with zero attached hydrogens (tertiary/aromatic N) is 1. The van der Waals surface area contributed by atoms with Gasteiger partial charge in [-0.15, -0.1) is 0 Å². The van der Waals surface area contributed by atoms with E-state index < -0.39 is 6.04 Å². The van der Waals surface area contributed by atoms with E-state index in [9.17, 15) is 9.59 Å². The monoisotopic (exact) mass is 552 g/mol. The van der Waals surface area contributed by atoms with Crippen molar-refractivity contribution < 1.29 is 19.1 Å². The molecule has 36 heavy (non-hydrogen) atoms. The van der Waals surface area contributed by atoms with Crippen LogP contribution in [0.2, 0.25) is 0 Å². The number of nitrogens with one attached hydrogen (secondary N) is 1. The maximum absolute atomic E-state index is 13.6. The second-order valence-electron chi connectivity index (χ2n) is 8.64. The smallest absolute Gasteiger partial charge is 0.261 e. The Morgan fingerprint density at radius 2 is 1.61 bits per heavy atom. The highest BCUT2D eigenvalue weighted by atomic mass is 79.9. The van der Waals surface area contributed by atoms with Crippen LogP contribution in [0.5, 0.6) is 11.5 Å². The molecule has 0 aliphatic carbocycles. The van der Waals surface area contributed by atoms with Crippen molar-refractivity contribution in [2.24, 2.45) is 0 Å². The van der Waals surface area contributed by atoms with Gasteiger partial charge < -0.3 is 19.7 Å². The van der Waals surface area contributed by atoms with E-state index in [1.807, 2.05) is 68.4 Å². The van der Waals surface area contributed by atoms with Gasteiger partial charge in [0.05, 0.1) is 7.11 Å². The maximum Gasteiger partial charge on any atom is 0.261 e. The summed E-state index contributed by atoms with van der Waals surface area (Å²) in [5.41, 5.74) is 1.89. The summed E-state index contributed by atoms with van der Waals surface area (Å²) in [6.45, 7) is 4.06. The lowest BCUT2D eigenvalue weighted by Crippen LogP contribution is -2.53. The lowest BCUT2D eigenvalue weighted by molar-refractivity contribution is -0.143. The van der Waals surface area contributed by atoms with Crippen LogP contribution in [0.15, 0.2) is 83.3 Å². The number of hydrogen-bond acceptors (Lipinski definition) is 4. The quantitative estimate of drug-likeness (QED) is 0.327. The van der Waals surface area contributed by atoms with Gasteiger partial charge in [0.2, 0.25) is 5.91 Å². The van der Waals surface area contributed by atoms with Crippen LogP contribution in [0.4, 0.5) is 0 Å². The first-order valence-corrected chi connectivity index (χ1v) is 12.8. The Labute approximate surface area is 221 Å². The highest BCUT2D eigenvalue weighted by Crippen LogP contribution is 2.20. The zero-order valence-corrected chi connectivity index (χ0v) is 22.5. The van der Waals surface area contributed by atoms with Gasteiger partial charge in [0.15, 0.2) is 6.61 Å². The van der Waals surface area contributed by atoms with Gasteiger partial charge in [-0.25, -0.2) is 0 Å². The summed E-state index contributed by atoms with van der Waals surface area (Å²) in [7, 11) is 1.59. The second kappa shape index (κ2) is 13.7.